The van der Waals surface area contributed by atoms with Gasteiger partial charge >= 0.3 is 16.2 Å². The van der Waals surface area contributed by atoms with E-state index in [-0.39, 0.29) is 21.1 Å². The Labute approximate surface area is 119 Å². The van der Waals surface area contributed by atoms with E-state index in [1.807, 2.05) is 13.0 Å². The highest BCUT2D eigenvalue weighted by atomic mass is 32.2. The van der Waals surface area contributed by atoms with Crippen molar-refractivity contribution in [3.8, 4) is 12.5 Å². The molecule has 0 spiro atoms. The summed E-state index contributed by atoms with van der Waals surface area (Å²) in [5.41, 5.74) is 1.54. The Morgan fingerprint density at radius 1 is 1.50 bits per heavy atom. The predicted octanol–water partition coefficient (Wildman–Crippen LogP) is 0.742. The van der Waals surface area contributed by atoms with Crippen LogP contribution in [0.4, 0.5) is 5.69 Å². The van der Waals surface area contributed by atoms with E-state index in [0.717, 1.165) is 9.87 Å². The van der Waals surface area contributed by atoms with E-state index in [1.54, 1.807) is 24.3 Å². The van der Waals surface area contributed by atoms with E-state index in [1.165, 1.54) is 4.31 Å². The molecule has 1 aromatic rings. The molecule has 0 bridgehead atoms. The third kappa shape index (κ3) is 2.76. The Bertz CT molecular complexity index is 669. The molecule has 20 heavy (non-hydrogen) atoms. The van der Waals surface area contributed by atoms with Crippen LogP contribution in [0.1, 0.15) is 6.99 Å². The fourth-order valence-electron chi connectivity index (χ4n) is 2.02. The van der Waals surface area contributed by atoms with Crippen molar-refractivity contribution in [2.24, 2.45) is 0 Å². The highest BCUT2D eigenvalue weighted by molar-refractivity contribution is 7.90. The smallest absolute Gasteiger partial charge is 0.335 e. The van der Waals surface area contributed by atoms with Crippen molar-refractivity contribution in [3.05, 3.63) is 29.8 Å². The lowest BCUT2D eigenvalue weighted by Crippen LogP contribution is -2.36. The number of benzene rings is 1. The van der Waals surface area contributed by atoms with Crippen LogP contribution in [0.3, 0.4) is 0 Å². The van der Waals surface area contributed by atoms with Gasteiger partial charge in [0.15, 0.2) is 0 Å². The van der Waals surface area contributed by atoms with Gasteiger partial charge in [0, 0.05) is 14.5 Å². The number of carbonyl (C=O) groups excluding carboxylic acids is 1. The normalized spacial score (nSPS) is 17.7. The number of hydrogen-bond acceptors (Lipinski definition) is 4. The molecule has 0 radical (unpaired) electrons. The Balaban J connectivity index is 0.00000220. The minimum atomic E-state index is -3.71. The molecule has 1 fully saturated rings. The number of rotatable bonds is 3. The van der Waals surface area contributed by atoms with Crippen LogP contribution in [0.2, 0.25) is 0 Å². The number of nitrogens with zero attached hydrogens (tertiary/aromatic N) is 2. The number of anilines is 1. The number of carbonyl (C=O) groups is 1. The van der Waals surface area contributed by atoms with Crippen molar-refractivity contribution in [1.82, 2.24) is 4.31 Å². The molecule has 0 N–H and O–H groups in total. The quantitative estimate of drug-likeness (QED) is 0.609. The second-order valence-corrected chi connectivity index (χ2v) is 6.20. The third-order valence-electron chi connectivity index (χ3n) is 2.93. The number of terminal acetylenes is 1. The van der Waals surface area contributed by atoms with Crippen molar-refractivity contribution in [3.63, 3.8) is 0 Å². The minimum Gasteiger partial charge on any atom is -0.371 e. The summed E-state index contributed by atoms with van der Waals surface area (Å²) in [4.78, 5) is 11.3. The molecule has 1 saturated heterocycles. The van der Waals surface area contributed by atoms with Gasteiger partial charge in [-0.05, 0) is 24.6 Å². The standard InChI is InChI=1S/C13H14N2O4S.H2/c1-3-19-13(16)10-14-7-8-15(20(14,17)18)12-6-4-5-11(2)9-12;/h1,4-6,9H,7-8,10H2,2H3;1H. The topological polar surface area (TPSA) is 66.9 Å². The zero-order valence-corrected chi connectivity index (χ0v) is 11.8. The zero-order chi connectivity index (χ0) is 14.8. The van der Waals surface area contributed by atoms with Gasteiger partial charge in [-0.25, -0.2) is 4.79 Å². The van der Waals surface area contributed by atoms with Crippen molar-refractivity contribution in [2.45, 2.75) is 6.92 Å². The summed E-state index contributed by atoms with van der Waals surface area (Å²) in [6, 6.07) is 7.16. The second-order valence-electron chi connectivity index (χ2n) is 4.34. The molecule has 108 valence electrons. The average Bonchev–Trinajstić information content (AvgIpc) is 2.65. The molecule has 0 aliphatic carbocycles. The molecule has 1 aromatic carbocycles. The minimum absolute atomic E-state index is 0. The first-order valence-corrected chi connectivity index (χ1v) is 7.34. The van der Waals surface area contributed by atoms with E-state index >= 15 is 0 Å². The van der Waals surface area contributed by atoms with E-state index < -0.39 is 16.2 Å². The summed E-state index contributed by atoms with van der Waals surface area (Å²) in [6.45, 7) is 2.01. The Kier molecular flexibility index (Phi) is 3.97. The van der Waals surface area contributed by atoms with Gasteiger partial charge in [0.1, 0.15) is 12.7 Å². The number of esters is 1. The first-order chi connectivity index (χ1) is 9.45. The summed E-state index contributed by atoms with van der Waals surface area (Å²) < 4.78 is 31.3. The van der Waals surface area contributed by atoms with Crippen LogP contribution in [0.5, 0.6) is 0 Å². The number of hydrogen-bond donors (Lipinski definition) is 0. The highest BCUT2D eigenvalue weighted by Crippen LogP contribution is 2.25. The van der Waals surface area contributed by atoms with Crippen molar-refractivity contribution in [1.29, 1.82) is 0 Å². The van der Waals surface area contributed by atoms with Crippen molar-refractivity contribution >= 4 is 21.9 Å². The largest absolute Gasteiger partial charge is 0.371 e. The monoisotopic (exact) mass is 296 g/mol. The van der Waals surface area contributed by atoms with Gasteiger partial charge in [-0.2, -0.15) is 12.7 Å². The summed E-state index contributed by atoms with van der Waals surface area (Å²) in [5, 5.41) is 0. The van der Waals surface area contributed by atoms with Gasteiger partial charge in [-0.15, -0.1) is 0 Å². The number of aryl methyl sites for hydroxylation is 1. The first-order valence-electron chi connectivity index (χ1n) is 5.95. The van der Waals surface area contributed by atoms with Crippen LogP contribution in [0.15, 0.2) is 24.3 Å². The lowest BCUT2D eigenvalue weighted by molar-refractivity contribution is -0.136. The summed E-state index contributed by atoms with van der Waals surface area (Å²) >= 11 is 0. The molecule has 0 atom stereocenters. The highest BCUT2D eigenvalue weighted by Gasteiger charge is 2.38. The van der Waals surface area contributed by atoms with Gasteiger partial charge in [-0.1, -0.05) is 18.6 Å². The zero-order valence-electron chi connectivity index (χ0n) is 10.9. The molecule has 7 heteroatoms. The summed E-state index contributed by atoms with van der Waals surface area (Å²) in [5.74, 6) is -0.762. The molecular weight excluding hydrogens is 280 g/mol. The summed E-state index contributed by atoms with van der Waals surface area (Å²) in [7, 11) is -3.71. The molecule has 0 amide bonds. The molecular formula is C13H16N2O4S. The Morgan fingerprint density at radius 2 is 2.25 bits per heavy atom. The second kappa shape index (κ2) is 5.53. The van der Waals surface area contributed by atoms with Crippen LogP contribution in [-0.2, 0) is 19.7 Å². The van der Waals surface area contributed by atoms with Crippen LogP contribution in [0.25, 0.3) is 0 Å². The van der Waals surface area contributed by atoms with Crippen molar-refractivity contribution < 1.29 is 19.4 Å². The SMILES string of the molecule is C#COC(=O)CN1CCN(c2cccc(C)c2)S1(=O)=O.[HH]. The summed E-state index contributed by atoms with van der Waals surface area (Å²) in [6.07, 6.45) is 6.57. The van der Waals surface area contributed by atoms with E-state index in [9.17, 15) is 13.2 Å². The van der Waals surface area contributed by atoms with Crippen molar-refractivity contribution in [2.75, 3.05) is 23.9 Å². The average molecular weight is 296 g/mol. The van der Waals surface area contributed by atoms with Gasteiger partial charge in [0.2, 0.25) is 0 Å². The van der Waals surface area contributed by atoms with Gasteiger partial charge in [0.05, 0.1) is 5.69 Å². The maximum atomic E-state index is 12.3. The molecule has 0 unspecified atom stereocenters. The fraction of sp³-hybridized carbons (Fsp3) is 0.308. The molecule has 6 nitrogen and oxygen atoms in total. The Hall–Kier alpha value is -2.04. The molecule has 0 aromatic heterocycles. The number of ether oxygens (including phenoxy) is 1. The Morgan fingerprint density at radius 3 is 2.90 bits per heavy atom. The van der Waals surface area contributed by atoms with Gasteiger partial charge in [-0.3, -0.25) is 4.31 Å². The van der Waals surface area contributed by atoms with Crippen LogP contribution < -0.4 is 4.31 Å². The molecule has 1 aliphatic heterocycles. The molecule has 0 saturated carbocycles. The van der Waals surface area contributed by atoms with Gasteiger partial charge in [0.25, 0.3) is 0 Å². The van der Waals surface area contributed by atoms with E-state index in [2.05, 4.69) is 4.74 Å². The first kappa shape index (κ1) is 14.4. The lowest BCUT2D eigenvalue weighted by Gasteiger charge is -2.19. The third-order valence-corrected chi connectivity index (χ3v) is 4.84. The molecule has 1 aliphatic rings. The van der Waals surface area contributed by atoms with Crippen LogP contribution in [0, 0.1) is 19.5 Å². The molecule has 1 heterocycles. The maximum absolute atomic E-state index is 12.3. The lowest BCUT2D eigenvalue weighted by atomic mass is 10.2. The predicted molar refractivity (Wildman–Crippen MR) is 76.1 cm³/mol. The van der Waals surface area contributed by atoms with Gasteiger partial charge < -0.3 is 4.74 Å². The van der Waals surface area contributed by atoms with E-state index in [0.29, 0.717) is 5.69 Å². The van der Waals surface area contributed by atoms with E-state index in [4.69, 9.17) is 6.42 Å². The fourth-order valence-corrected chi connectivity index (χ4v) is 3.57. The van der Waals surface area contributed by atoms with Crippen LogP contribution in [-0.4, -0.2) is 38.3 Å². The molecule has 2 rings (SSSR count). The maximum Gasteiger partial charge on any atom is 0.335 e. The van der Waals surface area contributed by atoms with Crippen LogP contribution >= 0.6 is 0 Å².